The zero-order chi connectivity index (χ0) is 21.4. The van der Waals surface area contributed by atoms with E-state index in [1.165, 1.54) is 5.56 Å². The molecule has 1 saturated heterocycles. The molecule has 1 aromatic heterocycles. The van der Waals surface area contributed by atoms with Crippen LogP contribution in [0.2, 0.25) is 0 Å². The van der Waals surface area contributed by atoms with Crippen LogP contribution in [0.3, 0.4) is 0 Å². The van der Waals surface area contributed by atoms with Gasteiger partial charge in [-0.25, -0.2) is 4.79 Å². The van der Waals surface area contributed by atoms with Crippen LogP contribution in [-0.2, 0) is 4.79 Å². The number of rotatable bonds is 6. The van der Waals surface area contributed by atoms with E-state index in [0.29, 0.717) is 5.92 Å². The van der Waals surface area contributed by atoms with Gasteiger partial charge in [-0.05, 0) is 49.8 Å². The number of nitrogens with one attached hydrogen (secondary N) is 2. The summed E-state index contributed by atoms with van der Waals surface area (Å²) in [5, 5.41) is 3.22. The minimum absolute atomic E-state index is 0.0160. The van der Waals surface area contributed by atoms with E-state index < -0.39 is 0 Å². The number of carbonyl (C=O) groups excluding carboxylic acids is 1. The highest BCUT2D eigenvalue weighted by Crippen LogP contribution is 2.47. The minimum Gasteiger partial charge on any atom is -0.352 e. The third-order valence-corrected chi connectivity index (χ3v) is 6.82. The Bertz CT molecular complexity index is 1110. The third kappa shape index (κ3) is 4.17. The van der Waals surface area contributed by atoms with Crippen LogP contribution >= 0.6 is 0 Å². The quantitative estimate of drug-likeness (QED) is 0.645. The number of benzene rings is 2. The van der Waals surface area contributed by atoms with E-state index >= 15 is 0 Å². The SMILES string of the molecule is C[C@@H](CN1CCC(n2c(=O)[nH]c3ccccc32)CC1)NC(=O)C1C[C@H]1c1ccccc1. The summed E-state index contributed by atoms with van der Waals surface area (Å²) < 4.78 is 1.93. The number of hydrogen-bond acceptors (Lipinski definition) is 3. The maximum atomic E-state index is 12.6. The summed E-state index contributed by atoms with van der Waals surface area (Å²) in [5.74, 6) is 0.671. The Morgan fingerprint density at radius 1 is 1.10 bits per heavy atom. The van der Waals surface area contributed by atoms with E-state index in [2.05, 4.69) is 34.3 Å². The van der Waals surface area contributed by atoms with Gasteiger partial charge in [-0.1, -0.05) is 42.5 Å². The smallest absolute Gasteiger partial charge is 0.326 e. The zero-order valence-corrected chi connectivity index (χ0v) is 18.0. The van der Waals surface area contributed by atoms with Crippen molar-refractivity contribution in [2.24, 2.45) is 5.92 Å². The lowest BCUT2D eigenvalue weighted by molar-refractivity contribution is -0.123. The van der Waals surface area contributed by atoms with Gasteiger partial charge in [-0.15, -0.1) is 0 Å². The van der Waals surface area contributed by atoms with Gasteiger partial charge in [0.25, 0.3) is 0 Å². The van der Waals surface area contributed by atoms with Crippen molar-refractivity contribution in [2.75, 3.05) is 19.6 Å². The van der Waals surface area contributed by atoms with Crippen LogP contribution in [0.4, 0.5) is 0 Å². The molecular weight excluding hydrogens is 388 g/mol. The topological polar surface area (TPSA) is 70.1 Å². The number of imidazole rings is 1. The molecule has 2 aromatic carbocycles. The molecule has 0 radical (unpaired) electrons. The van der Waals surface area contributed by atoms with Crippen LogP contribution in [0.25, 0.3) is 11.0 Å². The van der Waals surface area contributed by atoms with Crippen molar-refractivity contribution < 1.29 is 4.79 Å². The van der Waals surface area contributed by atoms with Gasteiger partial charge in [0.2, 0.25) is 5.91 Å². The molecule has 3 atom stereocenters. The van der Waals surface area contributed by atoms with Gasteiger partial charge in [-0.2, -0.15) is 0 Å². The first-order valence-corrected chi connectivity index (χ1v) is 11.4. The van der Waals surface area contributed by atoms with Gasteiger partial charge in [0.1, 0.15) is 0 Å². The molecule has 1 aliphatic heterocycles. The Morgan fingerprint density at radius 3 is 2.58 bits per heavy atom. The number of aromatic amines is 1. The van der Waals surface area contributed by atoms with E-state index in [1.807, 2.05) is 47.0 Å². The summed E-state index contributed by atoms with van der Waals surface area (Å²) in [6, 6.07) is 18.6. The Kier molecular flexibility index (Phi) is 5.40. The average molecular weight is 419 g/mol. The lowest BCUT2D eigenvalue weighted by Gasteiger charge is -2.34. The second-order valence-corrected chi connectivity index (χ2v) is 9.12. The molecule has 1 aliphatic carbocycles. The van der Waals surface area contributed by atoms with Crippen molar-refractivity contribution >= 4 is 16.9 Å². The van der Waals surface area contributed by atoms with Gasteiger partial charge >= 0.3 is 5.69 Å². The first-order chi connectivity index (χ1) is 15.1. The fourth-order valence-corrected chi connectivity index (χ4v) is 5.13. The maximum absolute atomic E-state index is 12.6. The monoisotopic (exact) mass is 418 g/mol. The lowest BCUT2D eigenvalue weighted by atomic mass is 10.0. The molecule has 5 rings (SSSR count). The number of piperidine rings is 1. The number of para-hydroxylation sites is 2. The molecule has 2 heterocycles. The van der Waals surface area contributed by atoms with E-state index in [9.17, 15) is 9.59 Å². The van der Waals surface area contributed by atoms with Gasteiger partial charge in [-0.3, -0.25) is 9.36 Å². The van der Waals surface area contributed by atoms with Crippen LogP contribution in [0.5, 0.6) is 0 Å². The predicted octanol–water partition coefficient (Wildman–Crippen LogP) is 3.27. The van der Waals surface area contributed by atoms with Crippen molar-refractivity contribution in [1.82, 2.24) is 19.8 Å². The number of hydrogen-bond donors (Lipinski definition) is 2. The van der Waals surface area contributed by atoms with Crippen molar-refractivity contribution in [3.8, 4) is 0 Å². The molecule has 2 fully saturated rings. The highest BCUT2D eigenvalue weighted by atomic mass is 16.2. The van der Waals surface area contributed by atoms with Gasteiger partial charge in [0.05, 0.1) is 11.0 Å². The van der Waals surface area contributed by atoms with Crippen LogP contribution in [0.15, 0.2) is 59.4 Å². The first-order valence-electron chi connectivity index (χ1n) is 11.4. The number of carbonyl (C=O) groups is 1. The second kappa shape index (κ2) is 8.35. The number of aromatic nitrogens is 2. The maximum Gasteiger partial charge on any atom is 0.326 e. The van der Waals surface area contributed by atoms with Gasteiger partial charge < -0.3 is 15.2 Å². The second-order valence-electron chi connectivity index (χ2n) is 9.12. The molecule has 0 spiro atoms. The van der Waals surface area contributed by atoms with Crippen molar-refractivity contribution in [2.45, 2.75) is 44.2 Å². The first kappa shape index (κ1) is 20.1. The molecule has 31 heavy (non-hydrogen) atoms. The summed E-state index contributed by atoms with van der Waals surface area (Å²) >= 11 is 0. The van der Waals surface area contributed by atoms with Crippen molar-refractivity contribution in [3.63, 3.8) is 0 Å². The summed E-state index contributed by atoms with van der Waals surface area (Å²) in [7, 11) is 0. The Labute approximate surface area is 182 Å². The number of likely N-dealkylation sites (tertiary alicyclic amines) is 1. The fraction of sp³-hybridized carbons (Fsp3) is 0.440. The van der Waals surface area contributed by atoms with Crippen molar-refractivity contribution in [1.29, 1.82) is 0 Å². The lowest BCUT2D eigenvalue weighted by Crippen LogP contribution is -2.45. The van der Waals surface area contributed by atoms with Gasteiger partial charge in [0.15, 0.2) is 0 Å². The van der Waals surface area contributed by atoms with Crippen molar-refractivity contribution in [3.05, 3.63) is 70.6 Å². The number of nitrogens with zero attached hydrogens (tertiary/aromatic N) is 2. The van der Waals surface area contributed by atoms with E-state index in [4.69, 9.17) is 0 Å². The van der Waals surface area contributed by atoms with Crippen LogP contribution in [-0.4, -0.2) is 46.0 Å². The van der Waals surface area contributed by atoms with E-state index in [-0.39, 0.29) is 29.6 Å². The number of fused-ring (bicyclic) bond motifs is 1. The molecule has 2 N–H and O–H groups in total. The molecule has 1 unspecified atom stereocenters. The van der Waals surface area contributed by atoms with Crippen LogP contribution in [0.1, 0.15) is 43.7 Å². The molecular formula is C25H30N4O2. The highest BCUT2D eigenvalue weighted by molar-refractivity contribution is 5.83. The summed E-state index contributed by atoms with van der Waals surface area (Å²) in [6.07, 6.45) is 2.84. The molecule has 0 bridgehead atoms. The minimum atomic E-state index is -0.0160. The van der Waals surface area contributed by atoms with Crippen LogP contribution < -0.4 is 11.0 Å². The normalized spacial score (nSPS) is 23.0. The largest absolute Gasteiger partial charge is 0.352 e. The summed E-state index contributed by atoms with van der Waals surface area (Å²) in [4.78, 5) is 30.5. The molecule has 6 nitrogen and oxygen atoms in total. The standard InChI is InChI=1S/C25H30N4O2/c1-17(26-24(30)21-15-20(21)18-7-3-2-4-8-18)16-28-13-11-19(12-14-28)29-23-10-6-5-9-22(23)27-25(29)31/h2-10,17,19-21H,11-16H2,1H3,(H,26,30)(H,27,31)/t17-,20-,21?/m0/s1. The predicted molar refractivity (Wildman–Crippen MR) is 122 cm³/mol. The highest BCUT2D eigenvalue weighted by Gasteiger charge is 2.44. The number of amides is 1. The molecule has 1 saturated carbocycles. The van der Waals surface area contributed by atoms with E-state index in [0.717, 1.165) is 49.9 Å². The van der Waals surface area contributed by atoms with E-state index in [1.54, 1.807) is 0 Å². The Balaban J connectivity index is 1.12. The summed E-state index contributed by atoms with van der Waals surface area (Å²) in [5.41, 5.74) is 3.15. The van der Waals surface area contributed by atoms with Gasteiger partial charge in [0, 0.05) is 37.6 Å². The average Bonchev–Trinajstić information content (AvgIpc) is 3.51. The Morgan fingerprint density at radius 2 is 1.81 bits per heavy atom. The Hall–Kier alpha value is -2.86. The molecule has 3 aromatic rings. The van der Waals surface area contributed by atoms with Crippen LogP contribution in [0, 0.1) is 5.92 Å². The molecule has 2 aliphatic rings. The number of H-pyrrole nitrogens is 1. The third-order valence-electron chi connectivity index (χ3n) is 6.82. The summed E-state index contributed by atoms with van der Waals surface area (Å²) in [6.45, 7) is 4.82. The molecule has 6 heteroatoms. The molecule has 162 valence electrons. The fourth-order valence-electron chi connectivity index (χ4n) is 5.13. The molecule has 1 amide bonds. The zero-order valence-electron chi connectivity index (χ0n) is 18.0.